The maximum absolute atomic E-state index is 12.7. The Hall–Kier alpha value is -2.58. The van der Waals surface area contributed by atoms with E-state index in [9.17, 15) is 4.79 Å². The van der Waals surface area contributed by atoms with E-state index in [0.717, 1.165) is 59.2 Å². The Morgan fingerprint density at radius 1 is 1.03 bits per heavy atom. The van der Waals surface area contributed by atoms with E-state index >= 15 is 0 Å². The van der Waals surface area contributed by atoms with Crippen LogP contribution in [0.4, 0.5) is 17.5 Å². The van der Waals surface area contributed by atoms with Crippen molar-refractivity contribution in [1.82, 2.24) is 20.3 Å². The number of aromatic nitrogens is 3. The first-order valence-corrected chi connectivity index (χ1v) is 12.6. The molecule has 7 nitrogen and oxygen atoms in total. The molecular weight excluding hydrogens is 420 g/mol. The Morgan fingerprint density at radius 3 is 2.66 bits per heavy atom. The van der Waals surface area contributed by atoms with Crippen molar-refractivity contribution in [1.29, 1.82) is 0 Å². The number of anilines is 3. The summed E-state index contributed by atoms with van der Waals surface area (Å²) in [5.74, 6) is 1.55. The molecule has 1 aliphatic heterocycles. The summed E-state index contributed by atoms with van der Waals surface area (Å²) in [4.78, 5) is 30.1. The molecule has 4 heterocycles. The van der Waals surface area contributed by atoms with Gasteiger partial charge in [0, 0.05) is 38.2 Å². The predicted octanol–water partition coefficient (Wildman–Crippen LogP) is 4.42. The summed E-state index contributed by atoms with van der Waals surface area (Å²) in [6, 6.07) is 4.08. The summed E-state index contributed by atoms with van der Waals surface area (Å²) in [6.45, 7) is 4.00. The maximum atomic E-state index is 12.7. The molecule has 1 spiro atoms. The van der Waals surface area contributed by atoms with Crippen molar-refractivity contribution in [3.05, 3.63) is 35.0 Å². The average molecular weight is 449 g/mol. The second-order valence-corrected chi connectivity index (χ2v) is 10.3. The Kier molecular flexibility index (Phi) is 5.07. The van der Waals surface area contributed by atoms with Crippen LogP contribution in [0.25, 0.3) is 10.2 Å². The predicted molar refractivity (Wildman–Crippen MR) is 128 cm³/mol. The first kappa shape index (κ1) is 20.1. The fourth-order valence-electron chi connectivity index (χ4n) is 5.65. The van der Waals surface area contributed by atoms with Gasteiger partial charge in [-0.15, -0.1) is 11.3 Å². The molecular formula is C24H28N6OS. The van der Waals surface area contributed by atoms with Crippen molar-refractivity contribution in [3.63, 3.8) is 0 Å². The number of thiophene rings is 1. The molecule has 0 radical (unpaired) electrons. The molecule has 0 amide bonds. The van der Waals surface area contributed by atoms with Gasteiger partial charge in [-0.1, -0.05) is 19.3 Å². The molecule has 2 fully saturated rings. The Morgan fingerprint density at radius 2 is 1.88 bits per heavy atom. The summed E-state index contributed by atoms with van der Waals surface area (Å²) in [7, 11) is 0. The van der Waals surface area contributed by atoms with E-state index < -0.39 is 0 Å². The molecule has 3 aliphatic rings. The van der Waals surface area contributed by atoms with E-state index in [-0.39, 0.29) is 11.2 Å². The fraction of sp³-hybridized carbons (Fsp3) is 0.500. The zero-order valence-corrected chi connectivity index (χ0v) is 19.0. The van der Waals surface area contributed by atoms with Crippen LogP contribution in [-0.4, -0.2) is 46.9 Å². The average Bonchev–Trinajstić information content (AvgIpc) is 3.24. The number of ketones is 1. The molecule has 3 aromatic heterocycles. The van der Waals surface area contributed by atoms with Crippen molar-refractivity contribution in [2.24, 2.45) is 0 Å². The normalized spacial score (nSPS) is 20.5. The van der Waals surface area contributed by atoms with Gasteiger partial charge in [0.25, 0.3) is 0 Å². The third-order valence-electron chi connectivity index (χ3n) is 7.33. The van der Waals surface area contributed by atoms with Crippen molar-refractivity contribution in [3.8, 4) is 0 Å². The number of Topliss-reactive ketones (excluding diaryl/α,β-unsaturated/α-hetero) is 1. The zero-order valence-electron chi connectivity index (χ0n) is 18.2. The van der Waals surface area contributed by atoms with Crippen LogP contribution >= 0.6 is 11.3 Å². The topological polar surface area (TPSA) is 83.0 Å². The lowest BCUT2D eigenvalue weighted by Crippen LogP contribution is -2.43. The number of carbonyl (C=O) groups excluding carboxylic acids is 1. The standard InChI is InChI=1S/C24H28N6OS/c31-17-6-9-24(7-2-1-3-8-24)20-21-18(32-22(17)20)15-27-23(29-21)28-19-5-4-16(14-26-19)30-12-10-25-11-13-30/h4-5,14-15,25H,1-3,6-13H2,(H,26,27,28,29). The van der Waals surface area contributed by atoms with Crippen LogP contribution in [0, 0.1) is 0 Å². The summed E-state index contributed by atoms with van der Waals surface area (Å²) in [6.07, 6.45) is 11.5. The van der Waals surface area contributed by atoms with E-state index in [2.05, 4.69) is 31.6 Å². The van der Waals surface area contributed by atoms with Gasteiger partial charge in [0.2, 0.25) is 5.95 Å². The fourth-order valence-corrected chi connectivity index (χ4v) is 6.85. The van der Waals surface area contributed by atoms with Crippen molar-refractivity contribution in [2.45, 2.75) is 50.4 Å². The highest BCUT2D eigenvalue weighted by Gasteiger charge is 2.43. The van der Waals surface area contributed by atoms with Gasteiger partial charge in [-0.3, -0.25) is 4.79 Å². The van der Waals surface area contributed by atoms with Crippen molar-refractivity contribution >= 4 is 44.8 Å². The molecule has 2 aliphatic carbocycles. The number of piperazine rings is 1. The number of pyridine rings is 1. The van der Waals surface area contributed by atoms with Gasteiger partial charge in [-0.05, 0) is 36.8 Å². The van der Waals surface area contributed by atoms with Gasteiger partial charge in [0.15, 0.2) is 5.78 Å². The SMILES string of the molecule is O=C1CCC2(CCCCC2)c2c1sc1cnc(Nc3ccc(N4CCNCC4)cn3)nc21. The Balaban J connectivity index is 1.31. The van der Waals surface area contributed by atoms with Gasteiger partial charge in [0.05, 0.1) is 33.2 Å². The van der Waals surface area contributed by atoms with Gasteiger partial charge in [0.1, 0.15) is 5.82 Å². The lowest BCUT2D eigenvalue weighted by molar-refractivity contribution is 0.0945. The minimum absolute atomic E-state index is 0.120. The molecule has 166 valence electrons. The minimum Gasteiger partial charge on any atom is -0.368 e. The Bertz CT molecular complexity index is 1150. The molecule has 32 heavy (non-hydrogen) atoms. The summed E-state index contributed by atoms with van der Waals surface area (Å²) < 4.78 is 1.02. The number of hydrogen-bond donors (Lipinski definition) is 2. The molecule has 1 saturated carbocycles. The second-order valence-electron chi connectivity index (χ2n) is 9.24. The van der Waals surface area contributed by atoms with E-state index in [1.807, 2.05) is 18.5 Å². The summed E-state index contributed by atoms with van der Waals surface area (Å²) >= 11 is 1.58. The smallest absolute Gasteiger partial charge is 0.228 e. The number of hydrogen-bond acceptors (Lipinski definition) is 8. The summed E-state index contributed by atoms with van der Waals surface area (Å²) in [5, 5.41) is 6.66. The molecule has 0 unspecified atom stereocenters. The number of fused-ring (bicyclic) bond motifs is 4. The molecule has 2 N–H and O–H groups in total. The Labute approximate surface area is 191 Å². The van der Waals surface area contributed by atoms with Crippen LogP contribution in [-0.2, 0) is 5.41 Å². The van der Waals surface area contributed by atoms with Crippen LogP contribution in [0.1, 0.15) is 60.2 Å². The lowest BCUT2D eigenvalue weighted by Gasteiger charge is -2.40. The highest BCUT2D eigenvalue weighted by Crippen LogP contribution is 2.52. The molecule has 1 saturated heterocycles. The number of carbonyl (C=O) groups is 1. The molecule has 0 atom stereocenters. The first-order chi connectivity index (χ1) is 15.7. The minimum atomic E-state index is 0.120. The quantitative estimate of drug-likeness (QED) is 0.614. The first-order valence-electron chi connectivity index (χ1n) is 11.7. The maximum Gasteiger partial charge on any atom is 0.228 e. The van der Waals surface area contributed by atoms with Gasteiger partial charge < -0.3 is 15.5 Å². The van der Waals surface area contributed by atoms with E-state index in [0.29, 0.717) is 12.4 Å². The van der Waals surface area contributed by atoms with Crippen LogP contribution in [0.15, 0.2) is 24.5 Å². The molecule has 6 rings (SSSR count). The van der Waals surface area contributed by atoms with Crippen molar-refractivity contribution in [2.75, 3.05) is 36.4 Å². The number of nitrogens with zero attached hydrogens (tertiary/aromatic N) is 4. The molecule has 0 aromatic carbocycles. The van der Waals surface area contributed by atoms with E-state index in [4.69, 9.17) is 4.98 Å². The molecule has 0 bridgehead atoms. The number of nitrogens with one attached hydrogen (secondary N) is 2. The monoisotopic (exact) mass is 448 g/mol. The van der Waals surface area contributed by atoms with E-state index in [1.165, 1.54) is 37.7 Å². The van der Waals surface area contributed by atoms with E-state index in [1.54, 1.807) is 11.3 Å². The second kappa shape index (κ2) is 8.08. The summed E-state index contributed by atoms with van der Waals surface area (Å²) in [5.41, 5.74) is 3.43. The lowest BCUT2D eigenvalue weighted by atomic mass is 9.64. The van der Waals surface area contributed by atoms with Gasteiger partial charge >= 0.3 is 0 Å². The van der Waals surface area contributed by atoms with Crippen LogP contribution in [0.3, 0.4) is 0 Å². The van der Waals surface area contributed by atoms with Crippen molar-refractivity contribution < 1.29 is 4.79 Å². The third-order valence-corrected chi connectivity index (χ3v) is 8.48. The zero-order chi connectivity index (χ0) is 21.5. The largest absolute Gasteiger partial charge is 0.368 e. The van der Waals surface area contributed by atoms with Crippen LogP contribution in [0.2, 0.25) is 0 Å². The highest BCUT2D eigenvalue weighted by molar-refractivity contribution is 7.21. The molecule has 8 heteroatoms. The highest BCUT2D eigenvalue weighted by atomic mass is 32.1. The number of rotatable bonds is 3. The van der Waals surface area contributed by atoms with Gasteiger partial charge in [-0.2, -0.15) is 0 Å². The molecule has 3 aromatic rings. The van der Waals surface area contributed by atoms with Gasteiger partial charge in [-0.25, -0.2) is 15.0 Å². The third kappa shape index (κ3) is 3.46. The van der Waals surface area contributed by atoms with Crippen LogP contribution in [0.5, 0.6) is 0 Å². The van der Waals surface area contributed by atoms with Crippen LogP contribution < -0.4 is 15.5 Å².